The lowest BCUT2D eigenvalue weighted by atomic mass is 10.0. The molecule has 0 spiro atoms. The van der Waals surface area contributed by atoms with E-state index in [0.29, 0.717) is 38.6 Å². The lowest BCUT2D eigenvalue weighted by molar-refractivity contribution is -0.147. The maximum Gasteiger partial charge on any atom is 0.326 e. The fourth-order valence-corrected chi connectivity index (χ4v) is 5.93. The number of ether oxygens (including phenoxy) is 1. The molecule has 0 radical (unpaired) electrons. The molecule has 4 N–H and O–H groups in total. The van der Waals surface area contributed by atoms with E-state index in [2.05, 4.69) is 37.4 Å². The molecule has 0 aliphatic carbocycles. The molecule has 0 rings (SSSR count). The van der Waals surface area contributed by atoms with Crippen LogP contribution in [0.2, 0.25) is 0 Å². The number of amides is 1. The highest BCUT2D eigenvalue weighted by Gasteiger charge is 2.19. The van der Waals surface area contributed by atoms with Gasteiger partial charge in [-0.1, -0.05) is 148 Å². The molecule has 0 aromatic rings. The fourth-order valence-electron chi connectivity index (χ4n) is 5.93. The third kappa shape index (κ3) is 32.4. The quantitative estimate of drug-likeness (QED) is 0.0345. The molecule has 0 aliphatic rings. The molecule has 7 nitrogen and oxygen atoms in total. The van der Waals surface area contributed by atoms with Crippen molar-refractivity contribution in [3.63, 3.8) is 0 Å². The van der Waals surface area contributed by atoms with Crippen LogP contribution in [0.4, 0.5) is 0 Å². The topological polar surface area (TPSA) is 119 Å². The minimum absolute atomic E-state index is 0.103. The number of carbonyl (C=O) groups excluding carboxylic acids is 2. The molecule has 0 saturated carbocycles. The van der Waals surface area contributed by atoms with Crippen LogP contribution in [0.15, 0.2) is 24.3 Å². The maximum absolute atomic E-state index is 12.7. The zero-order valence-corrected chi connectivity index (χ0v) is 31.3. The average Bonchev–Trinajstić information content (AvgIpc) is 3.07. The van der Waals surface area contributed by atoms with Gasteiger partial charge in [-0.05, 0) is 70.4 Å². The molecule has 2 unspecified atom stereocenters. The first-order valence-electron chi connectivity index (χ1n) is 20.2. The van der Waals surface area contributed by atoms with E-state index in [1.54, 1.807) is 0 Å². The smallest absolute Gasteiger partial charge is 0.326 e. The van der Waals surface area contributed by atoms with Crippen molar-refractivity contribution in [2.24, 2.45) is 5.73 Å². The minimum Gasteiger partial charge on any atom is -0.480 e. The standard InChI is InChI=1S/C41H76N2O5/c1-3-5-7-9-11-13-14-15-16-17-18-19-21-23-29-35-40(45)48-37(31-26-22-20-12-10-8-6-4-2)32-27-24-25-28-34-39(44)43-38(41(46)47)33-30-36-42/h12,20,26,31,37-38H,3-11,13-19,21-25,27-30,32-36,42H2,1-2H3,(H,43,44)(H,46,47)/b20-12-,31-26-. The number of aliphatic carboxylic acids is 1. The highest BCUT2D eigenvalue weighted by atomic mass is 16.5. The molecular weight excluding hydrogens is 600 g/mol. The first kappa shape index (κ1) is 45.9. The Morgan fingerprint density at radius 2 is 1.15 bits per heavy atom. The predicted molar refractivity (Wildman–Crippen MR) is 202 cm³/mol. The Hall–Kier alpha value is -2.15. The Morgan fingerprint density at radius 3 is 1.71 bits per heavy atom. The van der Waals surface area contributed by atoms with Crippen LogP contribution in [-0.4, -0.2) is 41.6 Å². The van der Waals surface area contributed by atoms with Crippen LogP contribution in [0.3, 0.4) is 0 Å². The van der Waals surface area contributed by atoms with E-state index in [1.165, 1.54) is 103 Å². The molecule has 0 aliphatic heterocycles. The Labute approximate surface area is 295 Å². The third-order valence-corrected chi connectivity index (χ3v) is 9.00. The molecule has 0 saturated heterocycles. The molecule has 0 fully saturated rings. The van der Waals surface area contributed by atoms with Gasteiger partial charge in [0.25, 0.3) is 0 Å². The van der Waals surface area contributed by atoms with Crippen molar-refractivity contribution in [1.29, 1.82) is 0 Å². The highest BCUT2D eigenvalue weighted by molar-refractivity contribution is 5.83. The van der Waals surface area contributed by atoms with Crippen LogP contribution >= 0.6 is 0 Å². The van der Waals surface area contributed by atoms with Crippen molar-refractivity contribution < 1.29 is 24.2 Å². The van der Waals surface area contributed by atoms with Gasteiger partial charge in [0.1, 0.15) is 12.1 Å². The highest BCUT2D eigenvalue weighted by Crippen LogP contribution is 2.16. The van der Waals surface area contributed by atoms with Crippen molar-refractivity contribution >= 4 is 17.8 Å². The number of carboxylic acids is 1. The normalized spacial score (nSPS) is 12.9. The second-order valence-electron chi connectivity index (χ2n) is 13.7. The van der Waals surface area contributed by atoms with E-state index in [9.17, 15) is 19.5 Å². The lowest BCUT2D eigenvalue weighted by Gasteiger charge is -2.15. The van der Waals surface area contributed by atoms with Crippen LogP contribution < -0.4 is 11.1 Å². The van der Waals surface area contributed by atoms with Gasteiger partial charge in [-0.3, -0.25) is 9.59 Å². The number of hydrogen-bond acceptors (Lipinski definition) is 5. The van der Waals surface area contributed by atoms with E-state index in [-0.39, 0.29) is 18.0 Å². The van der Waals surface area contributed by atoms with Crippen LogP contribution in [0.25, 0.3) is 0 Å². The van der Waals surface area contributed by atoms with E-state index in [0.717, 1.165) is 51.4 Å². The van der Waals surface area contributed by atoms with Gasteiger partial charge in [-0.25, -0.2) is 4.79 Å². The number of nitrogens with one attached hydrogen (secondary N) is 1. The van der Waals surface area contributed by atoms with Gasteiger partial charge < -0.3 is 20.9 Å². The number of carboxylic acid groups (broad SMARTS) is 1. The first-order chi connectivity index (χ1) is 23.4. The summed E-state index contributed by atoms with van der Waals surface area (Å²) in [5, 5.41) is 11.9. The largest absolute Gasteiger partial charge is 0.480 e. The van der Waals surface area contributed by atoms with Gasteiger partial charge in [0.15, 0.2) is 0 Å². The van der Waals surface area contributed by atoms with Crippen molar-refractivity contribution in [1.82, 2.24) is 5.32 Å². The van der Waals surface area contributed by atoms with Crippen molar-refractivity contribution in [3.8, 4) is 0 Å². The Morgan fingerprint density at radius 1 is 0.625 bits per heavy atom. The SMILES string of the molecule is CCCCC/C=C\C/C=C\C(CCCCCCC(=O)NC(CCCN)C(=O)O)OC(=O)CCCCCCCCCCCCCCCCC. The van der Waals surface area contributed by atoms with Crippen molar-refractivity contribution in [2.45, 2.75) is 212 Å². The number of nitrogens with two attached hydrogens (primary N) is 1. The van der Waals surface area contributed by atoms with Gasteiger partial charge in [0, 0.05) is 12.8 Å². The van der Waals surface area contributed by atoms with Gasteiger partial charge in [0.05, 0.1) is 0 Å². The molecule has 1 amide bonds. The average molecular weight is 677 g/mol. The van der Waals surface area contributed by atoms with Crippen LogP contribution in [0.1, 0.15) is 200 Å². The van der Waals surface area contributed by atoms with Gasteiger partial charge in [-0.2, -0.15) is 0 Å². The Kier molecular flexibility index (Phi) is 34.5. The molecular formula is C41H76N2O5. The van der Waals surface area contributed by atoms with Crippen LogP contribution in [0, 0.1) is 0 Å². The lowest BCUT2D eigenvalue weighted by Crippen LogP contribution is -2.40. The summed E-state index contributed by atoms with van der Waals surface area (Å²) < 4.78 is 5.89. The van der Waals surface area contributed by atoms with Crippen LogP contribution in [0.5, 0.6) is 0 Å². The van der Waals surface area contributed by atoms with E-state index in [4.69, 9.17) is 10.5 Å². The second-order valence-corrected chi connectivity index (χ2v) is 13.7. The third-order valence-electron chi connectivity index (χ3n) is 9.00. The molecule has 0 heterocycles. The minimum atomic E-state index is -1.02. The summed E-state index contributed by atoms with van der Waals surface area (Å²) in [5.74, 6) is -1.35. The fraction of sp³-hybridized carbons (Fsp3) is 0.829. The summed E-state index contributed by atoms with van der Waals surface area (Å²) >= 11 is 0. The first-order valence-corrected chi connectivity index (χ1v) is 20.2. The molecule has 7 heteroatoms. The van der Waals surface area contributed by atoms with Gasteiger partial charge in [-0.15, -0.1) is 0 Å². The molecule has 0 aromatic carbocycles. The molecule has 48 heavy (non-hydrogen) atoms. The van der Waals surface area contributed by atoms with Crippen molar-refractivity contribution in [2.75, 3.05) is 6.54 Å². The molecule has 2 atom stereocenters. The van der Waals surface area contributed by atoms with Crippen LogP contribution in [-0.2, 0) is 19.1 Å². The Balaban J connectivity index is 4.29. The summed E-state index contributed by atoms with van der Waals surface area (Å²) in [7, 11) is 0. The van der Waals surface area contributed by atoms with Crippen molar-refractivity contribution in [3.05, 3.63) is 24.3 Å². The maximum atomic E-state index is 12.7. The molecule has 0 bridgehead atoms. The summed E-state index contributed by atoms with van der Waals surface area (Å²) in [6.07, 6.45) is 39.5. The zero-order chi connectivity index (χ0) is 35.3. The summed E-state index contributed by atoms with van der Waals surface area (Å²) in [4.78, 5) is 36.2. The molecule has 280 valence electrons. The van der Waals surface area contributed by atoms with Gasteiger partial charge in [0.2, 0.25) is 5.91 Å². The zero-order valence-electron chi connectivity index (χ0n) is 31.3. The van der Waals surface area contributed by atoms with E-state index < -0.39 is 12.0 Å². The van der Waals surface area contributed by atoms with Gasteiger partial charge >= 0.3 is 11.9 Å². The second kappa shape index (κ2) is 36.1. The number of rotatable bonds is 36. The number of hydrogen-bond donors (Lipinski definition) is 3. The monoisotopic (exact) mass is 677 g/mol. The number of unbranched alkanes of at least 4 members (excludes halogenated alkanes) is 20. The Bertz CT molecular complexity index is 813. The number of carbonyl (C=O) groups is 3. The molecule has 0 aromatic heterocycles. The predicted octanol–water partition coefficient (Wildman–Crippen LogP) is 10.9. The summed E-state index contributed by atoms with van der Waals surface area (Å²) in [6, 6.07) is -0.871. The number of allylic oxidation sites excluding steroid dienone is 3. The van der Waals surface area contributed by atoms with E-state index in [1.807, 2.05) is 6.08 Å². The number of esters is 1. The van der Waals surface area contributed by atoms with E-state index >= 15 is 0 Å². The summed E-state index contributed by atoms with van der Waals surface area (Å²) in [6.45, 7) is 4.89. The summed E-state index contributed by atoms with van der Waals surface area (Å²) in [5.41, 5.74) is 5.47.